The summed E-state index contributed by atoms with van der Waals surface area (Å²) in [6, 6.07) is 9.20. The average molecular weight is 662 g/mol. The van der Waals surface area contributed by atoms with Gasteiger partial charge < -0.3 is 14.5 Å². The number of carbonyl (C=O) groups is 1. The zero-order valence-electron chi connectivity index (χ0n) is 25.2. The largest absolute Gasteiger partial charge is 0.462 e. The molecule has 1 aliphatic heterocycles. The third-order valence-electron chi connectivity index (χ3n) is 7.54. The second-order valence-electron chi connectivity index (χ2n) is 10.1. The van der Waals surface area contributed by atoms with Crippen molar-refractivity contribution in [3.05, 3.63) is 69.1 Å². The van der Waals surface area contributed by atoms with Crippen LogP contribution in [-0.2, 0) is 27.9 Å². The van der Waals surface area contributed by atoms with Crippen LogP contribution in [0.25, 0.3) is 17.1 Å². The molecule has 0 saturated heterocycles. The summed E-state index contributed by atoms with van der Waals surface area (Å²) < 4.78 is 41.9. The molecule has 0 amide bonds. The van der Waals surface area contributed by atoms with Gasteiger partial charge in [-0.1, -0.05) is 29.3 Å². The first-order valence-corrected chi connectivity index (χ1v) is 16.8. The number of halogens is 2. The molecule has 0 radical (unpaired) electrons. The summed E-state index contributed by atoms with van der Waals surface area (Å²) in [5.74, 6) is -0.0303. The van der Waals surface area contributed by atoms with Gasteiger partial charge in [0.2, 0.25) is 0 Å². The van der Waals surface area contributed by atoms with Gasteiger partial charge >= 0.3 is 5.97 Å². The van der Waals surface area contributed by atoms with E-state index >= 15 is 0 Å². The molecule has 4 rings (SSSR count). The Kier molecular flexibility index (Phi) is 10.6. The second kappa shape index (κ2) is 14.0. The highest BCUT2D eigenvalue weighted by Crippen LogP contribution is 2.41. The number of nitrogens with zero attached hydrogens (tertiary/aromatic N) is 5. The second-order valence-corrected chi connectivity index (χ2v) is 12.5. The van der Waals surface area contributed by atoms with E-state index in [1.165, 1.54) is 0 Å². The van der Waals surface area contributed by atoms with E-state index in [4.69, 9.17) is 27.9 Å². The van der Waals surface area contributed by atoms with Crippen molar-refractivity contribution < 1.29 is 27.1 Å². The van der Waals surface area contributed by atoms with Crippen molar-refractivity contribution in [3.8, 4) is 6.07 Å². The Bertz CT molecular complexity index is 1790. The first-order valence-electron chi connectivity index (χ1n) is 14.5. The van der Waals surface area contributed by atoms with Crippen LogP contribution in [0.4, 0.5) is 11.4 Å². The zero-order valence-corrected chi connectivity index (χ0v) is 27.5. The van der Waals surface area contributed by atoms with E-state index in [9.17, 15) is 23.0 Å². The fraction of sp³-hybridized carbons (Fsp3) is 0.387. The van der Waals surface area contributed by atoms with Crippen LogP contribution in [0, 0.1) is 11.3 Å². The third kappa shape index (κ3) is 6.89. The average Bonchev–Trinajstić information content (AvgIpc) is 3.27. The van der Waals surface area contributed by atoms with Gasteiger partial charge in [0.05, 0.1) is 64.5 Å². The van der Waals surface area contributed by atoms with Gasteiger partial charge in [0.15, 0.2) is 11.0 Å². The highest BCUT2D eigenvalue weighted by molar-refractivity contribution is 7.85. The topological polar surface area (TPSA) is 120 Å². The number of rotatable bonds is 11. The van der Waals surface area contributed by atoms with E-state index in [1.54, 1.807) is 19.1 Å². The number of hydrogen-bond donors (Lipinski definition) is 1. The molecule has 13 heteroatoms. The Morgan fingerprint density at radius 2 is 1.86 bits per heavy atom. The van der Waals surface area contributed by atoms with Gasteiger partial charge in [0.25, 0.3) is 15.9 Å². The van der Waals surface area contributed by atoms with E-state index in [0.717, 1.165) is 28.2 Å². The number of benzene rings is 2. The molecule has 0 saturated carbocycles. The van der Waals surface area contributed by atoms with E-state index in [-0.39, 0.29) is 30.2 Å². The highest BCUT2D eigenvalue weighted by atomic mass is 35.5. The van der Waals surface area contributed by atoms with E-state index < -0.39 is 21.8 Å². The Hall–Kier alpha value is -3.56. The minimum absolute atomic E-state index is 0.157. The Morgan fingerprint density at radius 3 is 2.48 bits per heavy atom. The molecule has 2 heterocycles. The number of esters is 1. The molecule has 3 aromatic rings. The fourth-order valence-electron chi connectivity index (χ4n) is 5.55. The lowest BCUT2D eigenvalue weighted by Gasteiger charge is -2.40. The normalized spacial score (nSPS) is 14.5. The highest BCUT2D eigenvalue weighted by Gasteiger charge is 2.29. The third-order valence-corrected chi connectivity index (χ3v) is 8.97. The number of ether oxygens (including phenoxy) is 1. The Labute approximate surface area is 268 Å². The standard InChI is InChI=1S/C31H35Cl2N5O5S/c1-5-35-20-22(11-9-12-30-36(6-2)27-15-21(19-34)24(32)17-29(27)37(30)7-3)38(13-10-14-44(40,41)42)28-16-23(31(39)43-8-4)25(33)18-26(28)35/h9,11-12,15-18H,5-8,10,13-14,20H2,1-4H3/p+1. The lowest BCUT2D eigenvalue weighted by atomic mass is 10.1. The van der Waals surface area contributed by atoms with Gasteiger partial charge in [-0.05, 0) is 52.3 Å². The minimum atomic E-state index is -4.16. The zero-order chi connectivity index (χ0) is 32.2. The van der Waals surface area contributed by atoms with Crippen LogP contribution in [0.15, 0.2) is 42.1 Å². The molecular weight excluding hydrogens is 625 g/mol. The summed E-state index contributed by atoms with van der Waals surface area (Å²) in [7, 11) is -4.16. The SMILES string of the molecule is CCOC(=O)c1cc2c(cc1Cl)N(CC)CC(=CC=Cc1n(CC)c3cc(Cl)c(C#N)cc3[n+]1CC)N2CCCS(=O)(=O)O. The number of imidazole rings is 1. The van der Waals surface area contributed by atoms with Crippen LogP contribution >= 0.6 is 23.2 Å². The first kappa shape index (κ1) is 33.3. The number of aromatic nitrogens is 2. The predicted octanol–water partition coefficient (Wildman–Crippen LogP) is 5.85. The van der Waals surface area contributed by atoms with Crippen molar-refractivity contribution >= 4 is 67.8 Å². The van der Waals surface area contributed by atoms with E-state index in [2.05, 4.69) is 20.1 Å². The summed E-state index contributed by atoms with van der Waals surface area (Å²) in [6.07, 6.45) is 6.05. The van der Waals surface area contributed by atoms with Gasteiger partial charge in [-0.25, -0.2) is 13.9 Å². The van der Waals surface area contributed by atoms with E-state index in [1.807, 2.05) is 56.0 Å². The molecule has 10 nitrogen and oxygen atoms in total. The molecule has 1 aromatic heterocycles. The molecule has 0 fully saturated rings. The van der Waals surface area contributed by atoms with Crippen LogP contribution in [0.5, 0.6) is 0 Å². The van der Waals surface area contributed by atoms with Crippen LogP contribution in [0.2, 0.25) is 10.0 Å². The number of hydrogen-bond acceptors (Lipinski definition) is 7. The molecule has 234 valence electrons. The molecular formula is C31H36Cl2N5O5S+. The summed E-state index contributed by atoms with van der Waals surface area (Å²) >= 11 is 12.9. The lowest BCUT2D eigenvalue weighted by Crippen LogP contribution is -2.40. The molecule has 1 N–H and O–H groups in total. The Balaban J connectivity index is 1.83. The summed E-state index contributed by atoms with van der Waals surface area (Å²) in [4.78, 5) is 16.8. The fourth-order valence-corrected chi connectivity index (χ4v) is 6.48. The first-order chi connectivity index (χ1) is 21.0. The van der Waals surface area contributed by atoms with Crippen LogP contribution in [-0.4, -0.2) is 55.5 Å². The van der Waals surface area contributed by atoms with Gasteiger partial charge in [-0.3, -0.25) is 4.55 Å². The van der Waals surface area contributed by atoms with Gasteiger partial charge in [0.1, 0.15) is 6.07 Å². The van der Waals surface area contributed by atoms with Crippen LogP contribution in [0.1, 0.15) is 55.9 Å². The van der Waals surface area contributed by atoms with Crippen molar-refractivity contribution in [3.63, 3.8) is 0 Å². The number of nitriles is 1. The number of carbonyl (C=O) groups excluding carboxylic acids is 1. The molecule has 0 atom stereocenters. The van der Waals surface area contributed by atoms with Crippen LogP contribution in [0.3, 0.4) is 0 Å². The summed E-state index contributed by atoms with van der Waals surface area (Å²) in [5, 5.41) is 10.2. The van der Waals surface area contributed by atoms with E-state index in [0.29, 0.717) is 42.5 Å². The molecule has 0 spiro atoms. The quantitative estimate of drug-likeness (QED) is 0.155. The molecule has 2 aromatic carbocycles. The monoisotopic (exact) mass is 660 g/mol. The molecule has 44 heavy (non-hydrogen) atoms. The lowest BCUT2D eigenvalue weighted by molar-refractivity contribution is -0.670. The van der Waals surface area contributed by atoms with Crippen molar-refractivity contribution in [2.75, 3.05) is 41.8 Å². The Morgan fingerprint density at radius 1 is 1.11 bits per heavy atom. The number of fused-ring (bicyclic) bond motifs is 2. The van der Waals surface area contributed by atoms with Crippen molar-refractivity contribution in [2.45, 2.75) is 47.2 Å². The maximum Gasteiger partial charge on any atom is 0.339 e. The molecule has 0 unspecified atom stereocenters. The van der Waals surface area contributed by atoms with Crippen molar-refractivity contribution in [1.29, 1.82) is 5.26 Å². The summed E-state index contributed by atoms with van der Waals surface area (Å²) in [6.45, 7) is 10.8. The number of anilines is 2. The number of aryl methyl sites for hydroxylation is 2. The van der Waals surface area contributed by atoms with Gasteiger partial charge in [-0.15, -0.1) is 0 Å². The number of likely N-dealkylation sites (N-methyl/N-ethyl adjacent to an activating group) is 1. The van der Waals surface area contributed by atoms with Crippen LogP contribution < -0.4 is 14.4 Å². The minimum Gasteiger partial charge on any atom is -0.462 e. The molecule has 0 aliphatic carbocycles. The molecule has 0 bridgehead atoms. The predicted molar refractivity (Wildman–Crippen MR) is 174 cm³/mol. The maximum atomic E-state index is 12.7. The molecule has 1 aliphatic rings. The van der Waals surface area contributed by atoms with Gasteiger partial charge in [0, 0.05) is 37.0 Å². The van der Waals surface area contributed by atoms with Crippen molar-refractivity contribution in [1.82, 2.24) is 4.57 Å². The van der Waals surface area contributed by atoms with Crippen molar-refractivity contribution in [2.24, 2.45) is 0 Å². The number of allylic oxidation sites excluding steroid dienone is 2. The summed E-state index contributed by atoms with van der Waals surface area (Å²) in [5.41, 5.74) is 4.80. The maximum absolute atomic E-state index is 12.7. The van der Waals surface area contributed by atoms with Gasteiger partial charge in [-0.2, -0.15) is 13.7 Å². The smallest absolute Gasteiger partial charge is 0.339 e.